The Hall–Kier alpha value is -3.77. The number of amides is 1. The largest absolute Gasteiger partial charge is 0.507 e. The predicted octanol–water partition coefficient (Wildman–Crippen LogP) is 4.98. The van der Waals surface area contributed by atoms with Gasteiger partial charge < -0.3 is 14.6 Å². The molecule has 6 nitrogen and oxygen atoms in total. The number of hydrogen-bond acceptors (Lipinski definition) is 5. The minimum absolute atomic E-state index is 0.0374. The van der Waals surface area contributed by atoms with Gasteiger partial charge in [0.05, 0.1) is 25.8 Å². The first kappa shape index (κ1) is 21.5. The van der Waals surface area contributed by atoms with Crippen molar-refractivity contribution in [3.8, 4) is 11.5 Å². The van der Waals surface area contributed by atoms with Gasteiger partial charge in [0.15, 0.2) is 0 Å². The van der Waals surface area contributed by atoms with E-state index >= 15 is 0 Å². The van der Waals surface area contributed by atoms with Crippen LogP contribution in [0.2, 0.25) is 5.02 Å². The van der Waals surface area contributed by atoms with E-state index in [9.17, 15) is 14.7 Å². The van der Waals surface area contributed by atoms with Gasteiger partial charge in [-0.25, -0.2) is 0 Å². The summed E-state index contributed by atoms with van der Waals surface area (Å²) in [5, 5.41) is 11.5. The van der Waals surface area contributed by atoms with Crippen LogP contribution in [0.5, 0.6) is 11.5 Å². The minimum Gasteiger partial charge on any atom is -0.507 e. The quantitative estimate of drug-likeness (QED) is 0.337. The number of ketones is 1. The van der Waals surface area contributed by atoms with Crippen molar-refractivity contribution in [2.75, 3.05) is 19.1 Å². The number of Topliss-reactive ketones (excluding diaryl/α,β-unsaturated/α-hetero) is 1. The molecule has 1 aliphatic heterocycles. The maximum absolute atomic E-state index is 13.2. The van der Waals surface area contributed by atoms with Gasteiger partial charge in [-0.1, -0.05) is 48.0 Å². The monoisotopic (exact) mass is 449 g/mol. The highest BCUT2D eigenvalue weighted by Crippen LogP contribution is 2.45. The Morgan fingerprint density at radius 1 is 0.938 bits per heavy atom. The topological polar surface area (TPSA) is 76.1 Å². The van der Waals surface area contributed by atoms with Crippen LogP contribution in [-0.2, 0) is 9.59 Å². The van der Waals surface area contributed by atoms with Gasteiger partial charge in [-0.05, 0) is 30.3 Å². The molecule has 1 atom stereocenters. The molecule has 7 heteroatoms. The van der Waals surface area contributed by atoms with E-state index in [1.807, 2.05) is 0 Å². The van der Waals surface area contributed by atoms with E-state index in [2.05, 4.69) is 0 Å². The zero-order valence-electron chi connectivity index (χ0n) is 17.4. The molecule has 1 amide bonds. The highest BCUT2D eigenvalue weighted by molar-refractivity contribution is 6.51. The van der Waals surface area contributed by atoms with Gasteiger partial charge in [-0.2, -0.15) is 0 Å². The molecule has 0 unspecified atom stereocenters. The first-order valence-electron chi connectivity index (χ1n) is 9.80. The number of nitrogens with zero attached hydrogens (tertiary/aromatic N) is 1. The SMILES string of the molecule is COc1ccc([C@@H]2C(=C(O)c3ccccc3)C(=O)C(=O)N2c2cccc(Cl)c2)c(OC)c1. The number of benzene rings is 3. The summed E-state index contributed by atoms with van der Waals surface area (Å²) in [5.41, 5.74) is 1.33. The van der Waals surface area contributed by atoms with Crippen molar-refractivity contribution >= 4 is 34.7 Å². The second-order valence-electron chi connectivity index (χ2n) is 7.12. The lowest BCUT2D eigenvalue weighted by Crippen LogP contribution is -2.29. The minimum atomic E-state index is -0.936. The summed E-state index contributed by atoms with van der Waals surface area (Å²) in [6, 6.07) is 19.4. The fourth-order valence-corrected chi connectivity index (χ4v) is 4.00. The molecule has 0 bridgehead atoms. The van der Waals surface area contributed by atoms with Crippen LogP contribution in [-0.4, -0.2) is 31.0 Å². The van der Waals surface area contributed by atoms with Crippen molar-refractivity contribution in [1.29, 1.82) is 0 Å². The van der Waals surface area contributed by atoms with Gasteiger partial charge in [-0.15, -0.1) is 0 Å². The number of anilines is 1. The third-order valence-corrected chi connectivity index (χ3v) is 5.55. The molecule has 0 radical (unpaired) electrons. The molecule has 1 fully saturated rings. The summed E-state index contributed by atoms with van der Waals surface area (Å²) in [6.45, 7) is 0. The van der Waals surface area contributed by atoms with Crippen molar-refractivity contribution in [3.05, 3.63) is 94.5 Å². The molecule has 0 spiro atoms. The average Bonchev–Trinajstić information content (AvgIpc) is 3.08. The zero-order valence-corrected chi connectivity index (χ0v) is 18.2. The van der Waals surface area contributed by atoms with Crippen LogP contribution in [0.1, 0.15) is 17.2 Å². The normalized spacial score (nSPS) is 17.5. The van der Waals surface area contributed by atoms with Gasteiger partial charge in [0.25, 0.3) is 11.7 Å². The summed E-state index contributed by atoms with van der Waals surface area (Å²) < 4.78 is 10.8. The molecule has 0 saturated carbocycles. The smallest absolute Gasteiger partial charge is 0.300 e. The number of rotatable bonds is 5. The van der Waals surface area contributed by atoms with Crippen LogP contribution in [0.25, 0.3) is 5.76 Å². The molecular weight excluding hydrogens is 430 g/mol. The van der Waals surface area contributed by atoms with E-state index in [4.69, 9.17) is 21.1 Å². The average molecular weight is 450 g/mol. The molecule has 1 N–H and O–H groups in total. The number of aliphatic hydroxyl groups is 1. The van der Waals surface area contributed by atoms with E-state index in [0.29, 0.717) is 33.3 Å². The Labute approximate surface area is 190 Å². The number of ether oxygens (including phenoxy) is 2. The number of carbonyl (C=O) groups excluding carboxylic acids is 2. The Kier molecular flexibility index (Phi) is 5.88. The van der Waals surface area contributed by atoms with Crippen molar-refractivity contribution in [2.45, 2.75) is 6.04 Å². The van der Waals surface area contributed by atoms with Crippen LogP contribution in [0, 0.1) is 0 Å². The Morgan fingerprint density at radius 2 is 1.69 bits per heavy atom. The molecule has 0 aromatic heterocycles. The van der Waals surface area contributed by atoms with Crippen LogP contribution < -0.4 is 14.4 Å². The molecule has 0 aliphatic carbocycles. The maximum atomic E-state index is 13.2. The molecule has 4 rings (SSSR count). The summed E-state index contributed by atoms with van der Waals surface area (Å²) in [4.78, 5) is 27.7. The summed E-state index contributed by atoms with van der Waals surface area (Å²) in [7, 11) is 3.02. The second kappa shape index (κ2) is 8.77. The first-order chi connectivity index (χ1) is 15.5. The lowest BCUT2D eigenvalue weighted by atomic mass is 9.94. The summed E-state index contributed by atoms with van der Waals surface area (Å²) in [6.07, 6.45) is 0. The molecule has 162 valence electrons. The maximum Gasteiger partial charge on any atom is 0.300 e. The molecule has 32 heavy (non-hydrogen) atoms. The third-order valence-electron chi connectivity index (χ3n) is 5.31. The number of aliphatic hydroxyl groups excluding tert-OH is 1. The number of halogens is 1. The molecular formula is C25H20ClNO5. The molecule has 3 aromatic rings. The third kappa shape index (κ3) is 3.69. The number of methoxy groups -OCH3 is 2. The molecule has 1 aliphatic rings. The first-order valence-corrected chi connectivity index (χ1v) is 10.2. The van der Waals surface area contributed by atoms with Crippen molar-refractivity contribution in [2.24, 2.45) is 0 Å². The highest BCUT2D eigenvalue weighted by atomic mass is 35.5. The van der Waals surface area contributed by atoms with Crippen LogP contribution >= 0.6 is 11.6 Å². The number of carbonyl (C=O) groups is 2. The summed E-state index contributed by atoms with van der Waals surface area (Å²) in [5.74, 6) is -0.881. The van der Waals surface area contributed by atoms with Crippen LogP contribution in [0.15, 0.2) is 78.4 Å². The van der Waals surface area contributed by atoms with E-state index in [1.54, 1.807) is 72.8 Å². The fourth-order valence-electron chi connectivity index (χ4n) is 3.81. The van der Waals surface area contributed by atoms with Crippen molar-refractivity contribution in [1.82, 2.24) is 0 Å². The summed E-state index contributed by atoms with van der Waals surface area (Å²) >= 11 is 6.17. The van der Waals surface area contributed by atoms with Gasteiger partial charge in [0.2, 0.25) is 0 Å². The number of hydrogen-bond donors (Lipinski definition) is 1. The standard InChI is InChI=1S/C25H20ClNO5/c1-31-18-11-12-19(20(14-18)32-2)22-21(23(28)15-7-4-3-5-8-15)24(29)25(30)27(22)17-10-6-9-16(26)13-17/h3-14,22,28H,1-2H3/t22-/m1/s1. The molecule has 3 aromatic carbocycles. The molecule has 1 saturated heterocycles. The van der Waals surface area contributed by atoms with Crippen LogP contribution in [0.4, 0.5) is 5.69 Å². The zero-order chi connectivity index (χ0) is 22.8. The van der Waals surface area contributed by atoms with Gasteiger partial charge in [0, 0.05) is 27.9 Å². The fraction of sp³-hybridized carbons (Fsp3) is 0.120. The second-order valence-corrected chi connectivity index (χ2v) is 7.56. The van der Waals surface area contributed by atoms with E-state index < -0.39 is 17.7 Å². The highest BCUT2D eigenvalue weighted by Gasteiger charge is 2.48. The Balaban J connectivity index is 2.00. The predicted molar refractivity (Wildman–Crippen MR) is 122 cm³/mol. The van der Waals surface area contributed by atoms with Crippen molar-refractivity contribution < 1.29 is 24.2 Å². The Morgan fingerprint density at radius 3 is 2.34 bits per heavy atom. The lowest BCUT2D eigenvalue weighted by molar-refractivity contribution is -0.132. The Bertz CT molecular complexity index is 1220. The lowest BCUT2D eigenvalue weighted by Gasteiger charge is -2.27. The van der Waals surface area contributed by atoms with E-state index in [-0.39, 0.29) is 11.3 Å². The van der Waals surface area contributed by atoms with Gasteiger partial charge >= 0.3 is 0 Å². The van der Waals surface area contributed by atoms with E-state index in [1.165, 1.54) is 19.1 Å². The van der Waals surface area contributed by atoms with Crippen LogP contribution in [0.3, 0.4) is 0 Å². The van der Waals surface area contributed by atoms with Gasteiger partial charge in [-0.3, -0.25) is 14.5 Å². The van der Waals surface area contributed by atoms with Crippen molar-refractivity contribution in [3.63, 3.8) is 0 Å². The molecule has 1 heterocycles. The van der Waals surface area contributed by atoms with E-state index in [0.717, 1.165) is 0 Å². The van der Waals surface area contributed by atoms with Gasteiger partial charge in [0.1, 0.15) is 17.3 Å².